The number of nitrogens with zero attached hydrogens (tertiary/aromatic N) is 2. The lowest BCUT2D eigenvalue weighted by molar-refractivity contribution is 0.160. The molecule has 1 aliphatic heterocycles. The highest BCUT2D eigenvalue weighted by molar-refractivity contribution is 5.85. The van der Waals surface area contributed by atoms with Crippen molar-refractivity contribution in [3.05, 3.63) is 30.1 Å². The van der Waals surface area contributed by atoms with Crippen molar-refractivity contribution in [2.75, 3.05) is 26.2 Å². The minimum absolute atomic E-state index is 0. The van der Waals surface area contributed by atoms with Gasteiger partial charge in [0.15, 0.2) is 0 Å². The number of aromatic nitrogens is 1. The Morgan fingerprint density at radius 1 is 1.26 bits per heavy atom. The predicted molar refractivity (Wildman–Crippen MR) is 85.4 cm³/mol. The summed E-state index contributed by atoms with van der Waals surface area (Å²) in [5.74, 6) is 0. The molecule has 1 N–H and O–H groups in total. The lowest BCUT2D eigenvalue weighted by Gasteiger charge is -2.34. The van der Waals surface area contributed by atoms with Crippen LogP contribution in [0, 0.1) is 0 Å². The second-order valence-corrected chi connectivity index (χ2v) is 4.70. The van der Waals surface area contributed by atoms with E-state index in [9.17, 15) is 0 Å². The van der Waals surface area contributed by atoms with Crippen molar-refractivity contribution in [1.82, 2.24) is 15.2 Å². The van der Waals surface area contributed by atoms with Gasteiger partial charge in [-0.3, -0.25) is 9.88 Å². The topological polar surface area (TPSA) is 28.2 Å². The number of pyridine rings is 1. The zero-order valence-electron chi connectivity index (χ0n) is 11.5. The van der Waals surface area contributed by atoms with Gasteiger partial charge in [-0.2, -0.15) is 0 Å². The summed E-state index contributed by atoms with van der Waals surface area (Å²) < 4.78 is 0. The van der Waals surface area contributed by atoms with Crippen LogP contribution in [0.1, 0.15) is 37.9 Å². The number of unbranched alkanes of at least 4 members (excludes halogenated alkanes) is 1. The Hall–Kier alpha value is -0.350. The quantitative estimate of drug-likeness (QED) is 0.906. The Kier molecular flexibility index (Phi) is 10.2. The normalized spacial score (nSPS) is 17.1. The van der Waals surface area contributed by atoms with Crippen LogP contribution in [-0.4, -0.2) is 36.1 Å². The third-order valence-electron chi connectivity index (χ3n) is 3.45. The number of hydrogen-bond donors (Lipinski definition) is 1. The van der Waals surface area contributed by atoms with Crippen molar-refractivity contribution < 1.29 is 0 Å². The molecule has 1 saturated heterocycles. The van der Waals surface area contributed by atoms with Gasteiger partial charge < -0.3 is 5.32 Å². The van der Waals surface area contributed by atoms with Crippen LogP contribution in [0.2, 0.25) is 0 Å². The third-order valence-corrected chi connectivity index (χ3v) is 3.45. The van der Waals surface area contributed by atoms with Crippen molar-refractivity contribution in [3.8, 4) is 0 Å². The first kappa shape index (κ1) is 18.7. The summed E-state index contributed by atoms with van der Waals surface area (Å²) >= 11 is 0. The van der Waals surface area contributed by atoms with E-state index in [1.807, 2.05) is 12.3 Å². The van der Waals surface area contributed by atoms with Gasteiger partial charge in [-0.1, -0.05) is 25.8 Å². The van der Waals surface area contributed by atoms with Gasteiger partial charge in [-0.25, -0.2) is 0 Å². The monoisotopic (exact) mass is 305 g/mol. The average molecular weight is 306 g/mol. The molecule has 0 aliphatic carbocycles. The van der Waals surface area contributed by atoms with E-state index in [-0.39, 0.29) is 24.8 Å². The highest BCUT2D eigenvalue weighted by Crippen LogP contribution is 2.24. The molecule has 0 spiro atoms. The zero-order chi connectivity index (χ0) is 11.9. The highest BCUT2D eigenvalue weighted by Gasteiger charge is 2.22. The molecular weight excluding hydrogens is 281 g/mol. The van der Waals surface area contributed by atoms with Crippen LogP contribution in [0.4, 0.5) is 0 Å². The second-order valence-electron chi connectivity index (χ2n) is 4.70. The van der Waals surface area contributed by atoms with Gasteiger partial charge in [0.2, 0.25) is 0 Å². The number of piperazine rings is 1. The molecule has 1 fully saturated rings. The van der Waals surface area contributed by atoms with Gasteiger partial charge in [0, 0.05) is 32.4 Å². The molecule has 0 bridgehead atoms. The van der Waals surface area contributed by atoms with Gasteiger partial charge in [-0.15, -0.1) is 24.8 Å². The van der Waals surface area contributed by atoms with E-state index in [4.69, 9.17) is 0 Å². The van der Waals surface area contributed by atoms with Crippen LogP contribution in [0.25, 0.3) is 0 Å². The fourth-order valence-electron chi connectivity index (χ4n) is 2.48. The molecule has 0 amide bonds. The number of nitrogens with one attached hydrogen (secondary N) is 1. The minimum atomic E-state index is 0. The van der Waals surface area contributed by atoms with E-state index in [0.29, 0.717) is 6.04 Å². The van der Waals surface area contributed by atoms with Crippen LogP contribution < -0.4 is 5.32 Å². The van der Waals surface area contributed by atoms with Gasteiger partial charge in [-0.05, 0) is 18.6 Å². The fraction of sp³-hybridized carbons (Fsp3) is 0.643. The SMILES string of the molecule is CCCC[C@@H](c1ccccn1)N1CCNCC1.Cl.Cl. The first-order valence-corrected chi connectivity index (χ1v) is 6.77. The zero-order valence-corrected chi connectivity index (χ0v) is 13.2. The molecule has 1 atom stereocenters. The van der Waals surface area contributed by atoms with E-state index in [2.05, 4.69) is 34.3 Å². The second kappa shape index (κ2) is 10.4. The van der Waals surface area contributed by atoms with E-state index in [1.54, 1.807) is 0 Å². The molecule has 3 nitrogen and oxygen atoms in total. The molecule has 2 heterocycles. The summed E-state index contributed by atoms with van der Waals surface area (Å²) in [5, 5.41) is 3.42. The van der Waals surface area contributed by atoms with Crippen LogP contribution in [-0.2, 0) is 0 Å². The minimum Gasteiger partial charge on any atom is -0.314 e. The Morgan fingerprint density at radius 3 is 2.58 bits per heavy atom. The molecular formula is C14H25Cl2N3. The molecule has 0 aromatic carbocycles. The first-order chi connectivity index (χ1) is 8.42. The van der Waals surface area contributed by atoms with Gasteiger partial charge in [0.25, 0.3) is 0 Å². The predicted octanol–water partition coefficient (Wildman–Crippen LogP) is 3.06. The molecule has 0 saturated carbocycles. The molecule has 0 unspecified atom stereocenters. The maximum atomic E-state index is 4.55. The third kappa shape index (κ3) is 5.65. The van der Waals surface area contributed by atoms with Crippen molar-refractivity contribution >= 4 is 24.8 Å². The summed E-state index contributed by atoms with van der Waals surface area (Å²) in [6, 6.07) is 6.78. The summed E-state index contributed by atoms with van der Waals surface area (Å²) in [4.78, 5) is 7.12. The number of hydrogen-bond acceptors (Lipinski definition) is 3. The Balaban J connectivity index is 0.00000162. The highest BCUT2D eigenvalue weighted by atomic mass is 35.5. The first-order valence-electron chi connectivity index (χ1n) is 6.77. The summed E-state index contributed by atoms with van der Waals surface area (Å²) in [7, 11) is 0. The Labute approximate surface area is 129 Å². The van der Waals surface area contributed by atoms with Gasteiger partial charge >= 0.3 is 0 Å². The molecule has 2 rings (SSSR count). The molecule has 1 aromatic rings. The Morgan fingerprint density at radius 2 is 2.00 bits per heavy atom. The summed E-state index contributed by atoms with van der Waals surface area (Å²) in [5.41, 5.74) is 1.24. The van der Waals surface area contributed by atoms with E-state index in [1.165, 1.54) is 25.0 Å². The van der Waals surface area contributed by atoms with Crippen molar-refractivity contribution in [3.63, 3.8) is 0 Å². The van der Waals surface area contributed by atoms with E-state index >= 15 is 0 Å². The largest absolute Gasteiger partial charge is 0.314 e. The lowest BCUT2D eigenvalue weighted by atomic mass is 10.0. The van der Waals surface area contributed by atoms with E-state index < -0.39 is 0 Å². The van der Waals surface area contributed by atoms with Crippen molar-refractivity contribution in [2.45, 2.75) is 32.2 Å². The maximum absolute atomic E-state index is 4.55. The lowest BCUT2D eigenvalue weighted by Crippen LogP contribution is -2.45. The maximum Gasteiger partial charge on any atom is 0.0575 e. The van der Waals surface area contributed by atoms with Gasteiger partial charge in [0.05, 0.1) is 11.7 Å². The smallest absolute Gasteiger partial charge is 0.0575 e. The van der Waals surface area contributed by atoms with E-state index in [0.717, 1.165) is 26.2 Å². The van der Waals surface area contributed by atoms with Crippen molar-refractivity contribution in [2.24, 2.45) is 0 Å². The molecule has 5 heteroatoms. The van der Waals surface area contributed by atoms with Crippen LogP contribution in [0.3, 0.4) is 0 Å². The molecule has 1 aromatic heterocycles. The van der Waals surface area contributed by atoms with Crippen LogP contribution in [0.5, 0.6) is 0 Å². The number of rotatable bonds is 5. The average Bonchev–Trinajstić information content (AvgIpc) is 2.42. The summed E-state index contributed by atoms with van der Waals surface area (Å²) in [6.45, 7) is 6.76. The van der Waals surface area contributed by atoms with Gasteiger partial charge in [0.1, 0.15) is 0 Å². The fourth-order valence-corrected chi connectivity index (χ4v) is 2.48. The molecule has 0 radical (unpaired) electrons. The molecule has 19 heavy (non-hydrogen) atoms. The van der Waals surface area contributed by atoms with Crippen LogP contribution >= 0.6 is 24.8 Å². The number of halogens is 2. The molecule has 110 valence electrons. The van der Waals surface area contributed by atoms with Crippen molar-refractivity contribution in [1.29, 1.82) is 0 Å². The Bertz CT molecular complexity index is 316. The van der Waals surface area contributed by atoms with Crippen LogP contribution in [0.15, 0.2) is 24.4 Å². The standard InChI is InChI=1S/C14H23N3.2ClH/c1-2-3-7-14(13-6-4-5-8-16-13)17-11-9-15-10-12-17;;/h4-6,8,14-15H,2-3,7,9-12H2,1H3;2*1H/t14-;;/m0../s1. The molecule has 1 aliphatic rings. The summed E-state index contributed by atoms with van der Waals surface area (Å²) in [6.07, 6.45) is 5.69.